The minimum absolute atomic E-state index is 0.150. The largest absolute Gasteiger partial charge is 0.504 e. The molecule has 4 nitrogen and oxygen atoms in total. The Morgan fingerprint density at radius 2 is 2.13 bits per heavy atom. The Labute approximate surface area is 90.0 Å². The topological polar surface area (TPSA) is 62.5 Å². The first-order valence-corrected chi connectivity index (χ1v) is 4.51. The molecule has 2 rings (SSSR count). The fraction of sp³-hybridized carbons (Fsp3) is 0.100. The van der Waals surface area contributed by atoms with Crippen molar-refractivity contribution in [2.24, 2.45) is 7.05 Å². The number of hydrogen-bond donors (Lipinski definition) is 2. The van der Waals surface area contributed by atoms with Crippen molar-refractivity contribution >= 4 is 22.5 Å². The zero-order valence-corrected chi connectivity index (χ0v) is 8.54. The van der Waals surface area contributed by atoms with Gasteiger partial charge in [-0.1, -0.05) is 11.6 Å². The fourth-order valence-corrected chi connectivity index (χ4v) is 1.68. The number of benzene rings is 1. The van der Waals surface area contributed by atoms with Gasteiger partial charge in [0.2, 0.25) is 0 Å². The molecule has 0 atom stereocenters. The molecule has 5 heteroatoms. The summed E-state index contributed by atoms with van der Waals surface area (Å²) >= 11 is 5.77. The van der Waals surface area contributed by atoms with Crippen molar-refractivity contribution in [1.82, 2.24) is 4.57 Å². The Balaban J connectivity index is 3.11. The van der Waals surface area contributed by atoms with Crippen LogP contribution in [-0.4, -0.2) is 14.8 Å². The fourth-order valence-electron chi connectivity index (χ4n) is 1.40. The molecular weight excluding hydrogens is 218 g/mol. The van der Waals surface area contributed by atoms with Crippen molar-refractivity contribution in [2.45, 2.75) is 0 Å². The van der Waals surface area contributed by atoms with E-state index in [1.54, 1.807) is 11.6 Å². The van der Waals surface area contributed by atoms with E-state index in [-0.39, 0.29) is 16.2 Å². The lowest BCUT2D eigenvalue weighted by atomic mass is 10.2. The van der Waals surface area contributed by atoms with Crippen LogP contribution >= 0.6 is 11.6 Å². The smallest absolute Gasteiger partial charge is 0.199 e. The van der Waals surface area contributed by atoms with E-state index in [4.69, 9.17) is 11.6 Å². The van der Waals surface area contributed by atoms with Gasteiger partial charge in [0, 0.05) is 19.3 Å². The van der Waals surface area contributed by atoms with E-state index in [1.807, 2.05) is 0 Å². The predicted molar refractivity (Wildman–Crippen MR) is 56.4 cm³/mol. The summed E-state index contributed by atoms with van der Waals surface area (Å²) in [5.41, 5.74) is 0.0300. The zero-order valence-electron chi connectivity index (χ0n) is 7.78. The number of pyridine rings is 1. The number of phenolic OH excluding ortho intramolecular Hbond substituents is 2. The molecule has 0 bridgehead atoms. The SMILES string of the molecule is Cn1c[c]c(=O)c2c(Cl)c(O)c(O)cc21. The molecule has 0 amide bonds. The molecule has 1 radical (unpaired) electrons. The summed E-state index contributed by atoms with van der Waals surface area (Å²) in [6.07, 6.45) is 1.44. The lowest BCUT2D eigenvalue weighted by Crippen LogP contribution is -2.06. The third kappa shape index (κ3) is 1.34. The van der Waals surface area contributed by atoms with Crippen molar-refractivity contribution in [1.29, 1.82) is 0 Å². The second-order valence-electron chi connectivity index (χ2n) is 3.17. The van der Waals surface area contributed by atoms with Crippen LogP contribution in [-0.2, 0) is 7.05 Å². The van der Waals surface area contributed by atoms with Crippen LogP contribution in [0.3, 0.4) is 0 Å². The molecule has 2 N–H and O–H groups in total. The quantitative estimate of drug-likeness (QED) is 0.665. The van der Waals surface area contributed by atoms with Gasteiger partial charge in [0.15, 0.2) is 16.9 Å². The van der Waals surface area contributed by atoms with Gasteiger partial charge in [0.05, 0.1) is 22.0 Å². The van der Waals surface area contributed by atoms with E-state index >= 15 is 0 Å². The number of nitrogens with zero attached hydrogens (tertiary/aromatic N) is 1. The van der Waals surface area contributed by atoms with E-state index in [9.17, 15) is 15.0 Å². The first-order valence-electron chi connectivity index (χ1n) is 4.14. The maximum Gasteiger partial charge on any atom is 0.199 e. The molecule has 1 aromatic carbocycles. The summed E-state index contributed by atoms with van der Waals surface area (Å²) in [5, 5.41) is 18.7. The van der Waals surface area contributed by atoms with Gasteiger partial charge in [-0.2, -0.15) is 0 Å². The van der Waals surface area contributed by atoms with Crippen LogP contribution in [0.4, 0.5) is 0 Å². The van der Waals surface area contributed by atoms with Gasteiger partial charge in [0.1, 0.15) is 0 Å². The Kier molecular flexibility index (Phi) is 2.08. The number of aromatic nitrogens is 1. The van der Waals surface area contributed by atoms with E-state index in [2.05, 4.69) is 6.07 Å². The number of aromatic hydroxyl groups is 2. The molecule has 0 fully saturated rings. The molecule has 1 heterocycles. The van der Waals surface area contributed by atoms with Crippen molar-refractivity contribution in [3.05, 3.63) is 33.6 Å². The molecule has 0 unspecified atom stereocenters. The van der Waals surface area contributed by atoms with Gasteiger partial charge in [-0.15, -0.1) is 0 Å². The van der Waals surface area contributed by atoms with Crippen molar-refractivity contribution in [3.63, 3.8) is 0 Å². The Morgan fingerprint density at radius 3 is 2.80 bits per heavy atom. The first-order chi connectivity index (χ1) is 7.02. The van der Waals surface area contributed by atoms with Crippen molar-refractivity contribution < 1.29 is 10.2 Å². The predicted octanol–water partition coefficient (Wildman–Crippen LogP) is 1.40. The Hall–Kier alpha value is -1.68. The van der Waals surface area contributed by atoms with Crippen LogP contribution < -0.4 is 5.43 Å². The van der Waals surface area contributed by atoms with Crippen LogP contribution in [0.5, 0.6) is 11.5 Å². The molecule has 2 aromatic rings. The number of phenols is 2. The summed E-state index contributed by atoms with van der Waals surface area (Å²) in [7, 11) is 1.69. The van der Waals surface area contributed by atoms with Crippen LogP contribution in [0.2, 0.25) is 5.02 Å². The standard InChI is InChI=1S/C10H7ClNO3/c1-12-3-2-6(13)8-5(12)4-7(14)10(15)9(8)11/h3-4,14-15H,1H3. The first kappa shape index (κ1) is 9.86. The molecule has 0 saturated heterocycles. The molecule has 1 aromatic heterocycles. The maximum absolute atomic E-state index is 11.5. The molecule has 0 aliphatic carbocycles. The molecular formula is C10H7ClNO3. The van der Waals surface area contributed by atoms with Crippen LogP contribution in [0.15, 0.2) is 17.1 Å². The summed E-state index contributed by atoms with van der Waals surface area (Å²) in [4.78, 5) is 11.5. The number of halogens is 1. The molecule has 15 heavy (non-hydrogen) atoms. The van der Waals surface area contributed by atoms with Crippen LogP contribution in [0, 0.1) is 6.07 Å². The minimum Gasteiger partial charge on any atom is -0.504 e. The average Bonchev–Trinajstić information content (AvgIpc) is 2.20. The molecule has 0 spiro atoms. The van der Waals surface area contributed by atoms with Gasteiger partial charge in [0.25, 0.3) is 0 Å². The Bertz CT molecular complexity index is 604. The number of aryl methyl sites for hydroxylation is 1. The zero-order chi connectivity index (χ0) is 11.2. The number of rotatable bonds is 0. The lowest BCUT2D eigenvalue weighted by Gasteiger charge is -2.08. The minimum atomic E-state index is -0.485. The number of hydrogen-bond acceptors (Lipinski definition) is 3. The molecule has 0 aliphatic heterocycles. The van der Waals surface area contributed by atoms with E-state index in [0.29, 0.717) is 5.52 Å². The summed E-state index contributed by atoms with van der Waals surface area (Å²) in [6, 6.07) is 3.74. The van der Waals surface area contributed by atoms with E-state index in [1.165, 1.54) is 12.3 Å². The Morgan fingerprint density at radius 1 is 1.47 bits per heavy atom. The summed E-state index contributed by atoms with van der Waals surface area (Å²) in [5.74, 6) is -0.838. The normalized spacial score (nSPS) is 10.8. The van der Waals surface area contributed by atoms with Crippen LogP contribution in [0.25, 0.3) is 10.9 Å². The van der Waals surface area contributed by atoms with E-state index < -0.39 is 11.2 Å². The molecule has 0 aliphatic rings. The second kappa shape index (κ2) is 3.17. The van der Waals surface area contributed by atoms with Crippen molar-refractivity contribution in [2.75, 3.05) is 0 Å². The van der Waals surface area contributed by atoms with Gasteiger partial charge < -0.3 is 14.8 Å². The highest BCUT2D eigenvalue weighted by Gasteiger charge is 2.13. The third-order valence-electron chi connectivity index (χ3n) is 2.20. The van der Waals surface area contributed by atoms with Crippen LogP contribution in [0.1, 0.15) is 0 Å². The highest BCUT2D eigenvalue weighted by molar-refractivity contribution is 6.37. The van der Waals surface area contributed by atoms with E-state index in [0.717, 1.165) is 0 Å². The average molecular weight is 225 g/mol. The number of fused-ring (bicyclic) bond motifs is 1. The van der Waals surface area contributed by atoms with Gasteiger partial charge in [-0.05, 0) is 0 Å². The van der Waals surface area contributed by atoms with Gasteiger partial charge >= 0.3 is 0 Å². The summed E-state index contributed by atoms with van der Waals surface area (Å²) < 4.78 is 1.59. The second-order valence-corrected chi connectivity index (χ2v) is 3.54. The molecule has 0 saturated carbocycles. The van der Waals surface area contributed by atoms with Gasteiger partial charge in [-0.3, -0.25) is 4.79 Å². The maximum atomic E-state index is 11.5. The highest BCUT2D eigenvalue weighted by atomic mass is 35.5. The summed E-state index contributed by atoms with van der Waals surface area (Å²) in [6.45, 7) is 0. The molecule has 77 valence electrons. The van der Waals surface area contributed by atoms with Crippen molar-refractivity contribution in [3.8, 4) is 11.5 Å². The van der Waals surface area contributed by atoms with Gasteiger partial charge in [-0.25, -0.2) is 0 Å². The highest BCUT2D eigenvalue weighted by Crippen LogP contribution is 2.37. The monoisotopic (exact) mass is 224 g/mol. The third-order valence-corrected chi connectivity index (χ3v) is 2.56. The lowest BCUT2D eigenvalue weighted by molar-refractivity contribution is 0.405.